The number of fused-ring (bicyclic) bond motifs is 1. The summed E-state index contributed by atoms with van der Waals surface area (Å²) < 4.78 is 4.96. The number of rotatable bonds is 2. The van der Waals surface area contributed by atoms with E-state index >= 15 is 0 Å². The number of aromatic nitrogens is 4. The molecule has 1 atom stereocenters. The summed E-state index contributed by atoms with van der Waals surface area (Å²) >= 11 is 9.76. The van der Waals surface area contributed by atoms with Gasteiger partial charge in [0.2, 0.25) is 0 Å². The highest BCUT2D eigenvalue weighted by molar-refractivity contribution is 9.10. The summed E-state index contributed by atoms with van der Waals surface area (Å²) in [6.45, 7) is 3.89. The highest BCUT2D eigenvalue weighted by Gasteiger charge is 2.21. The lowest BCUT2D eigenvalue weighted by atomic mass is 10.3. The molecule has 0 aliphatic carbocycles. The van der Waals surface area contributed by atoms with Crippen molar-refractivity contribution in [2.75, 3.05) is 0 Å². The molecule has 4 nitrogen and oxygen atoms in total. The van der Waals surface area contributed by atoms with Crippen LogP contribution in [0.5, 0.6) is 0 Å². The molecule has 0 N–H and O–H groups in total. The molecule has 3 rings (SSSR count). The zero-order valence-corrected chi connectivity index (χ0v) is 13.8. The lowest BCUT2D eigenvalue weighted by molar-refractivity contribution is 0.748. The van der Waals surface area contributed by atoms with E-state index in [1.165, 1.54) is 0 Å². The van der Waals surface area contributed by atoms with Gasteiger partial charge in [0.1, 0.15) is 11.3 Å². The Balaban J connectivity index is 2.36. The highest BCUT2D eigenvalue weighted by atomic mass is 79.9. The Bertz CT molecular complexity index is 771. The van der Waals surface area contributed by atoms with E-state index in [0.717, 1.165) is 32.8 Å². The van der Waals surface area contributed by atoms with Gasteiger partial charge in [-0.3, -0.25) is 4.57 Å². The van der Waals surface area contributed by atoms with Crippen LogP contribution in [0.25, 0.3) is 16.9 Å². The smallest absolute Gasteiger partial charge is 0.163 e. The minimum atomic E-state index is -0.176. The first-order chi connectivity index (χ1) is 9.49. The van der Waals surface area contributed by atoms with Crippen LogP contribution in [0.15, 0.2) is 28.7 Å². The maximum Gasteiger partial charge on any atom is 0.163 e. The van der Waals surface area contributed by atoms with Crippen molar-refractivity contribution in [1.82, 2.24) is 19.3 Å². The Morgan fingerprint density at radius 2 is 1.90 bits per heavy atom. The zero-order valence-electron chi connectivity index (χ0n) is 11.4. The first-order valence-corrected chi connectivity index (χ1v) is 7.54. The van der Waals surface area contributed by atoms with Crippen molar-refractivity contribution in [1.29, 1.82) is 0 Å². The monoisotopic (exact) mass is 352 g/mol. The summed E-state index contributed by atoms with van der Waals surface area (Å²) in [4.78, 5) is 4.67. The van der Waals surface area contributed by atoms with Gasteiger partial charge in [0.15, 0.2) is 5.65 Å². The SMILES string of the molecule is Cc1nn(C)c2c1nc(C(C)Cl)n2-c1ccc(Br)cc1. The Morgan fingerprint density at radius 3 is 2.50 bits per heavy atom. The maximum atomic E-state index is 6.30. The normalized spacial score (nSPS) is 13.1. The summed E-state index contributed by atoms with van der Waals surface area (Å²) in [5.41, 5.74) is 3.81. The van der Waals surface area contributed by atoms with Gasteiger partial charge in [-0.1, -0.05) is 15.9 Å². The van der Waals surface area contributed by atoms with Crippen LogP contribution in [0, 0.1) is 6.92 Å². The van der Waals surface area contributed by atoms with Crippen LogP contribution in [-0.4, -0.2) is 19.3 Å². The Kier molecular flexibility index (Phi) is 3.34. The topological polar surface area (TPSA) is 35.6 Å². The number of halogens is 2. The third-order valence-electron chi connectivity index (χ3n) is 3.27. The van der Waals surface area contributed by atoms with Crippen molar-refractivity contribution in [3.63, 3.8) is 0 Å². The molecule has 2 aromatic heterocycles. The van der Waals surface area contributed by atoms with Crippen molar-refractivity contribution in [2.45, 2.75) is 19.2 Å². The summed E-state index contributed by atoms with van der Waals surface area (Å²) in [5.74, 6) is 0.833. The van der Waals surface area contributed by atoms with E-state index in [1.807, 2.05) is 49.8 Å². The summed E-state index contributed by atoms with van der Waals surface area (Å²) in [6.07, 6.45) is 0. The minimum Gasteiger partial charge on any atom is -0.280 e. The number of imidazole rings is 1. The van der Waals surface area contributed by atoms with Crippen LogP contribution in [0.1, 0.15) is 23.8 Å². The van der Waals surface area contributed by atoms with Crippen molar-refractivity contribution >= 4 is 38.7 Å². The first-order valence-electron chi connectivity index (χ1n) is 6.31. The lowest BCUT2D eigenvalue weighted by Gasteiger charge is -2.11. The minimum absolute atomic E-state index is 0.176. The Hall–Kier alpha value is -1.33. The lowest BCUT2D eigenvalue weighted by Crippen LogP contribution is -2.05. The van der Waals surface area contributed by atoms with Gasteiger partial charge < -0.3 is 0 Å². The van der Waals surface area contributed by atoms with E-state index < -0.39 is 0 Å². The number of hydrogen-bond donors (Lipinski definition) is 0. The third kappa shape index (κ3) is 2.05. The van der Waals surface area contributed by atoms with Crippen LogP contribution in [-0.2, 0) is 7.05 Å². The van der Waals surface area contributed by atoms with Crippen LogP contribution >= 0.6 is 27.5 Å². The maximum absolute atomic E-state index is 6.30. The van der Waals surface area contributed by atoms with Gasteiger partial charge in [-0.2, -0.15) is 5.10 Å². The zero-order chi connectivity index (χ0) is 14.4. The third-order valence-corrected chi connectivity index (χ3v) is 3.99. The Morgan fingerprint density at radius 1 is 1.25 bits per heavy atom. The number of aryl methyl sites for hydroxylation is 2. The molecule has 0 aliphatic heterocycles. The molecule has 3 aromatic rings. The second-order valence-electron chi connectivity index (χ2n) is 4.78. The second-order valence-corrected chi connectivity index (χ2v) is 6.35. The molecule has 104 valence electrons. The van der Waals surface area contributed by atoms with Gasteiger partial charge in [0, 0.05) is 17.2 Å². The average Bonchev–Trinajstić information content (AvgIpc) is 2.90. The molecule has 6 heteroatoms. The summed E-state index contributed by atoms with van der Waals surface area (Å²) in [7, 11) is 1.93. The molecular weight excluding hydrogens is 340 g/mol. The average molecular weight is 354 g/mol. The fourth-order valence-corrected chi connectivity index (χ4v) is 2.81. The van der Waals surface area contributed by atoms with E-state index in [4.69, 9.17) is 11.6 Å². The molecule has 0 aliphatic rings. The fraction of sp³-hybridized carbons (Fsp3) is 0.286. The molecule has 0 amide bonds. The van der Waals surface area contributed by atoms with Crippen molar-refractivity contribution < 1.29 is 0 Å². The molecule has 0 fully saturated rings. The summed E-state index contributed by atoms with van der Waals surface area (Å²) in [5, 5.41) is 4.26. The highest BCUT2D eigenvalue weighted by Crippen LogP contribution is 2.29. The number of alkyl halides is 1. The van der Waals surface area contributed by atoms with Gasteiger partial charge in [-0.05, 0) is 38.1 Å². The van der Waals surface area contributed by atoms with E-state index in [2.05, 4.69) is 30.6 Å². The Labute approximate surface area is 130 Å². The van der Waals surface area contributed by atoms with E-state index in [1.54, 1.807) is 0 Å². The van der Waals surface area contributed by atoms with Crippen molar-refractivity contribution in [3.8, 4) is 5.69 Å². The molecule has 20 heavy (non-hydrogen) atoms. The molecule has 0 saturated carbocycles. The molecule has 2 heterocycles. The van der Waals surface area contributed by atoms with E-state index in [0.29, 0.717) is 0 Å². The quantitative estimate of drug-likeness (QED) is 0.649. The van der Waals surface area contributed by atoms with Gasteiger partial charge >= 0.3 is 0 Å². The molecular formula is C14H14BrClN4. The standard InChI is InChI=1S/C14H14BrClN4/c1-8(16)13-17-12-9(2)18-19(3)14(12)20(13)11-6-4-10(15)5-7-11/h4-8H,1-3H3. The molecule has 0 saturated heterocycles. The van der Waals surface area contributed by atoms with Crippen molar-refractivity contribution in [3.05, 3.63) is 40.3 Å². The van der Waals surface area contributed by atoms with Gasteiger partial charge in [0.25, 0.3) is 0 Å². The van der Waals surface area contributed by atoms with E-state index in [9.17, 15) is 0 Å². The number of benzene rings is 1. The molecule has 0 radical (unpaired) electrons. The van der Waals surface area contributed by atoms with Gasteiger partial charge in [-0.25, -0.2) is 9.67 Å². The van der Waals surface area contributed by atoms with Gasteiger partial charge in [0.05, 0.1) is 11.1 Å². The van der Waals surface area contributed by atoms with E-state index in [-0.39, 0.29) is 5.38 Å². The van der Waals surface area contributed by atoms with Crippen LogP contribution < -0.4 is 0 Å². The molecule has 0 bridgehead atoms. The molecule has 0 spiro atoms. The van der Waals surface area contributed by atoms with Crippen LogP contribution in [0.2, 0.25) is 0 Å². The number of nitrogens with zero attached hydrogens (tertiary/aromatic N) is 4. The number of hydrogen-bond acceptors (Lipinski definition) is 2. The molecule has 1 aromatic carbocycles. The summed E-state index contributed by atoms with van der Waals surface area (Å²) in [6, 6.07) is 8.09. The van der Waals surface area contributed by atoms with Gasteiger partial charge in [-0.15, -0.1) is 11.6 Å². The van der Waals surface area contributed by atoms with Crippen LogP contribution in [0.3, 0.4) is 0 Å². The first kappa shape index (κ1) is 13.6. The van der Waals surface area contributed by atoms with Crippen molar-refractivity contribution in [2.24, 2.45) is 7.05 Å². The predicted octanol–water partition coefficient (Wildman–Crippen LogP) is 4.13. The second kappa shape index (κ2) is 4.90. The van der Waals surface area contributed by atoms with Crippen LogP contribution in [0.4, 0.5) is 0 Å². The fourth-order valence-electron chi connectivity index (χ4n) is 2.40. The predicted molar refractivity (Wildman–Crippen MR) is 84.5 cm³/mol. The largest absolute Gasteiger partial charge is 0.280 e. The molecule has 1 unspecified atom stereocenters.